The zero-order chi connectivity index (χ0) is 14.3. The molecule has 0 atom stereocenters. The molecule has 1 aliphatic rings. The molecule has 110 valence electrons. The van der Waals surface area contributed by atoms with Crippen molar-refractivity contribution in [2.24, 2.45) is 0 Å². The molecule has 1 aliphatic carbocycles. The van der Waals surface area contributed by atoms with Gasteiger partial charge in [0.05, 0.1) is 0 Å². The van der Waals surface area contributed by atoms with Crippen LogP contribution in [0.2, 0.25) is 0 Å². The number of carbonyl (C=O) groups is 1. The third-order valence-electron chi connectivity index (χ3n) is 3.09. The first-order valence-corrected chi connectivity index (χ1v) is 7.63. The summed E-state index contributed by atoms with van der Waals surface area (Å²) in [6.45, 7) is 6.52. The molecular weight excluding hydrogens is 258 g/mol. The van der Waals surface area contributed by atoms with Crippen molar-refractivity contribution < 1.29 is 4.79 Å². The van der Waals surface area contributed by atoms with Crippen LogP contribution < -0.4 is 16.0 Å². The van der Waals surface area contributed by atoms with Crippen molar-refractivity contribution in [2.45, 2.75) is 70.9 Å². The Morgan fingerprint density at radius 1 is 1.21 bits per heavy atom. The van der Waals surface area contributed by atoms with E-state index in [0.717, 1.165) is 0 Å². The fraction of sp³-hybridized carbons (Fsp3) is 0.857. The lowest BCUT2D eigenvalue weighted by atomic mass is 9.96. The van der Waals surface area contributed by atoms with E-state index < -0.39 is 0 Å². The topological polar surface area (TPSA) is 53.2 Å². The molecule has 0 unspecified atom stereocenters. The minimum absolute atomic E-state index is 0.0560. The maximum Gasteiger partial charge on any atom is 0.222 e. The van der Waals surface area contributed by atoms with E-state index in [4.69, 9.17) is 12.2 Å². The van der Waals surface area contributed by atoms with Gasteiger partial charge in [-0.1, -0.05) is 19.3 Å². The van der Waals surface area contributed by atoms with E-state index in [1.54, 1.807) is 0 Å². The Morgan fingerprint density at radius 3 is 2.42 bits per heavy atom. The average Bonchev–Trinajstić information content (AvgIpc) is 2.27. The number of nitrogens with one attached hydrogen (secondary N) is 3. The summed E-state index contributed by atoms with van der Waals surface area (Å²) in [5.74, 6) is 0.0560. The van der Waals surface area contributed by atoms with Gasteiger partial charge in [0, 0.05) is 24.5 Å². The summed E-state index contributed by atoms with van der Waals surface area (Å²) in [6.07, 6.45) is 6.76. The Hall–Kier alpha value is -0.840. The lowest BCUT2D eigenvalue weighted by molar-refractivity contribution is -0.122. The minimum atomic E-state index is -0.169. The summed E-state index contributed by atoms with van der Waals surface area (Å²) in [6, 6.07) is 0.511. The molecule has 1 amide bonds. The number of thiocarbonyl (C=S) groups is 1. The molecule has 1 rings (SSSR count). The first-order chi connectivity index (χ1) is 8.87. The summed E-state index contributed by atoms with van der Waals surface area (Å²) >= 11 is 5.24. The molecule has 1 saturated carbocycles. The van der Waals surface area contributed by atoms with Gasteiger partial charge in [-0.3, -0.25) is 4.79 Å². The Bertz CT molecular complexity index is 306. The Balaban J connectivity index is 2.11. The van der Waals surface area contributed by atoms with Crippen molar-refractivity contribution in [1.82, 2.24) is 16.0 Å². The summed E-state index contributed by atoms with van der Waals surface area (Å²) in [5, 5.41) is 10.0. The number of hydrogen-bond acceptors (Lipinski definition) is 2. The van der Waals surface area contributed by atoms with Crippen LogP contribution in [0.4, 0.5) is 0 Å². The van der Waals surface area contributed by atoms with Crippen LogP contribution in [0.25, 0.3) is 0 Å². The second-order valence-corrected chi connectivity index (χ2v) is 6.69. The van der Waals surface area contributed by atoms with Crippen molar-refractivity contribution in [3.05, 3.63) is 0 Å². The molecule has 0 aromatic rings. The standard InChI is InChI=1S/C14H27N3OS/c1-14(2,3)17-12(18)9-10-15-13(19)16-11-7-5-4-6-8-11/h11H,4-10H2,1-3H3,(H,17,18)(H2,15,16,19). The fourth-order valence-electron chi connectivity index (χ4n) is 2.25. The van der Waals surface area contributed by atoms with Gasteiger partial charge in [-0.05, 0) is 45.8 Å². The van der Waals surface area contributed by atoms with Gasteiger partial charge in [0.1, 0.15) is 0 Å². The monoisotopic (exact) mass is 285 g/mol. The summed E-state index contributed by atoms with van der Waals surface area (Å²) in [7, 11) is 0. The Morgan fingerprint density at radius 2 is 1.84 bits per heavy atom. The maximum absolute atomic E-state index is 11.6. The molecule has 19 heavy (non-hydrogen) atoms. The van der Waals surface area contributed by atoms with Gasteiger partial charge in [0.15, 0.2) is 5.11 Å². The van der Waals surface area contributed by atoms with E-state index in [1.165, 1.54) is 32.1 Å². The smallest absolute Gasteiger partial charge is 0.222 e. The van der Waals surface area contributed by atoms with E-state index in [1.807, 2.05) is 20.8 Å². The molecule has 0 saturated heterocycles. The highest BCUT2D eigenvalue weighted by molar-refractivity contribution is 7.80. The number of amides is 1. The molecule has 0 spiro atoms. The van der Waals surface area contributed by atoms with Gasteiger partial charge >= 0.3 is 0 Å². The van der Waals surface area contributed by atoms with E-state index >= 15 is 0 Å². The molecule has 0 bridgehead atoms. The second kappa shape index (κ2) is 7.68. The van der Waals surface area contributed by atoms with Crippen LogP contribution in [0, 0.1) is 0 Å². The molecule has 0 aliphatic heterocycles. The number of carbonyl (C=O) groups excluding carboxylic acids is 1. The molecule has 1 fully saturated rings. The van der Waals surface area contributed by atoms with E-state index in [9.17, 15) is 4.79 Å². The molecule has 4 nitrogen and oxygen atoms in total. The van der Waals surface area contributed by atoms with Gasteiger partial charge in [0.2, 0.25) is 5.91 Å². The summed E-state index contributed by atoms with van der Waals surface area (Å²) < 4.78 is 0. The van der Waals surface area contributed by atoms with Crippen LogP contribution in [0.1, 0.15) is 59.3 Å². The molecule has 0 aromatic carbocycles. The van der Waals surface area contributed by atoms with Crippen LogP contribution >= 0.6 is 12.2 Å². The van der Waals surface area contributed by atoms with Crippen LogP contribution in [-0.4, -0.2) is 29.1 Å². The van der Waals surface area contributed by atoms with Crippen molar-refractivity contribution in [3.63, 3.8) is 0 Å². The second-order valence-electron chi connectivity index (χ2n) is 6.28. The first-order valence-electron chi connectivity index (χ1n) is 7.22. The summed E-state index contributed by atoms with van der Waals surface area (Å²) in [5.41, 5.74) is -0.169. The molecule has 3 N–H and O–H groups in total. The molecule has 0 aromatic heterocycles. The lowest BCUT2D eigenvalue weighted by Crippen LogP contribution is -2.45. The lowest BCUT2D eigenvalue weighted by Gasteiger charge is -2.24. The van der Waals surface area contributed by atoms with E-state index in [-0.39, 0.29) is 11.4 Å². The zero-order valence-electron chi connectivity index (χ0n) is 12.3. The molecule has 0 heterocycles. The van der Waals surface area contributed by atoms with Crippen molar-refractivity contribution in [2.75, 3.05) is 6.54 Å². The average molecular weight is 285 g/mol. The SMILES string of the molecule is CC(C)(C)NC(=O)CCNC(=S)NC1CCCCC1. The highest BCUT2D eigenvalue weighted by Crippen LogP contribution is 2.17. The van der Waals surface area contributed by atoms with Crippen LogP contribution in [0.15, 0.2) is 0 Å². The quantitative estimate of drug-likeness (QED) is 0.692. The number of rotatable bonds is 4. The van der Waals surface area contributed by atoms with Crippen molar-refractivity contribution >= 4 is 23.2 Å². The molecular formula is C14H27N3OS. The van der Waals surface area contributed by atoms with Gasteiger partial charge in [-0.25, -0.2) is 0 Å². The highest BCUT2D eigenvalue weighted by Gasteiger charge is 2.15. The molecule has 0 radical (unpaired) electrons. The molecule has 5 heteroatoms. The first kappa shape index (κ1) is 16.2. The Labute approximate surface area is 122 Å². The third kappa shape index (κ3) is 8.03. The van der Waals surface area contributed by atoms with Gasteiger partial charge in [-0.2, -0.15) is 0 Å². The highest BCUT2D eigenvalue weighted by atomic mass is 32.1. The van der Waals surface area contributed by atoms with E-state index in [0.29, 0.717) is 24.1 Å². The summed E-state index contributed by atoms with van der Waals surface area (Å²) in [4.78, 5) is 11.6. The fourth-order valence-corrected chi connectivity index (χ4v) is 2.52. The third-order valence-corrected chi connectivity index (χ3v) is 3.35. The largest absolute Gasteiger partial charge is 0.362 e. The van der Waals surface area contributed by atoms with Gasteiger partial charge in [0.25, 0.3) is 0 Å². The van der Waals surface area contributed by atoms with Gasteiger partial charge < -0.3 is 16.0 Å². The van der Waals surface area contributed by atoms with Crippen LogP contribution in [0.5, 0.6) is 0 Å². The number of hydrogen-bond donors (Lipinski definition) is 3. The minimum Gasteiger partial charge on any atom is -0.362 e. The van der Waals surface area contributed by atoms with E-state index in [2.05, 4.69) is 16.0 Å². The normalized spacial score (nSPS) is 16.8. The zero-order valence-corrected chi connectivity index (χ0v) is 13.2. The predicted molar refractivity (Wildman–Crippen MR) is 83.1 cm³/mol. The predicted octanol–water partition coefficient (Wildman–Crippen LogP) is 2.09. The van der Waals surface area contributed by atoms with Crippen LogP contribution in [-0.2, 0) is 4.79 Å². The van der Waals surface area contributed by atoms with Crippen molar-refractivity contribution in [1.29, 1.82) is 0 Å². The van der Waals surface area contributed by atoms with Crippen LogP contribution in [0.3, 0.4) is 0 Å². The van der Waals surface area contributed by atoms with Gasteiger partial charge in [-0.15, -0.1) is 0 Å². The Kier molecular flexibility index (Phi) is 6.55. The maximum atomic E-state index is 11.6. The van der Waals surface area contributed by atoms with Crippen molar-refractivity contribution in [3.8, 4) is 0 Å².